The highest BCUT2D eigenvalue weighted by molar-refractivity contribution is 5.74. The third-order valence-corrected chi connectivity index (χ3v) is 8.09. The monoisotopic (exact) mass is 537 g/mol. The van der Waals surface area contributed by atoms with Gasteiger partial charge in [-0.1, -0.05) is 45.4 Å². The zero-order valence-corrected chi connectivity index (χ0v) is 23.9. The van der Waals surface area contributed by atoms with Gasteiger partial charge in [0.2, 0.25) is 0 Å². The lowest BCUT2D eigenvalue weighted by Crippen LogP contribution is -2.49. The van der Waals surface area contributed by atoms with E-state index in [4.69, 9.17) is 9.47 Å². The maximum absolute atomic E-state index is 14.0. The molecule has 4 rings (SSSR count). The van der Waals surface area contributed by atoms with E-state index in [1.165, 1.54) is 13.2 Å². The third kappa shape index (κ3) is 7.46. The highest BCUT2D eigenvalue weighted by Gasteiger charge is 2.47. The molecule has 0 bridgehead atoms. The molecule has 39 heavy (non-hydrogen) atoms. The predicted molar refractivity (Wildman–Crippen MR) is 153 cm³/mol. The van der Waals surface area contributed by atoms with Crippen molar-refractivity contribution in [1.29, 1.82) is 0 Å². The molecule has 1 aliphatic carbocycles. The number of halogens is 1. The fourth-order valence-electron chi connectivity index (χ4n) is 6.33. The molecule has 1 aromatic heterocycles. The zero-order chi connectivity index (χ0) is 27.8. The quantitative estimate of drug-likeness (QED) is 0.185. The normalized spacial score (nSPS) is 19.8. The van der Waals surface area contributed by atoms with Gasteiger partial charge in [-0.2, -0.15) is 0 Å². The molecule has 0 fully saturated rings. The van der Waals surface area contributed by atoms with Crippen LogP contribution >= 0.6 is 0 Å². The highest BCUT2D eigenvalue weighted by Crippen LogP contribution is 2.48. The number of imidazole rings is 1. The Morgan fingerprint density at radius 1 is 1.21 bits per heavy atom. The summed E-state index contributed by atoms with van der Waals surface area (Å²) in [5.74, 6) is 1.28. The summed E-state index contributed by atoms with van der Waals surface area (Å²) >= 11 is 0. The Hall–Kier alpha value is -2.77. The molecule has 2 N–H and O–H groups in total. The second-order valence-electron chi connectivity index (χ2n) is 11.5. The molecule has 0 spiro atoms. The average molecular weight is 538 g/mol. The van der Waals surface area contributed by atoms with Gasteiger partial charge >= 0.3 is 5.97 Å². The van der Waals surface area contributed by atoms with Gasteiger partial charge in [-0.05, 0) is 86.0 Å². The molecule has 212 valence electrons. The molecule has 1 aliphatic rings. The molecule has 7 heteroatoms. The van der Waals surface area contributed by atoms with E-state index in [0.717, 1.165) is 66.8 Å². The van der Waals surface area contributed by atoms with Gasteiger partial charge in [0.1, 0.15) is 23.8 Å². The Labute approximate surface area is 232 Å². The molecule has 2 aromatic carbocycles. The van der Waals surface area contributed by atoms with E-state index in [2.05, 4.69) is 42.1 Å². The number of aryl methyl sites for hydroxylation is 2. The third-order valence-electron chi connectivity index (χ3n) is 8.09. The molecular formula is C32H44FN3O3. The number of fused-ring (bicyclic) bond motifs is 2. The van der Waals surface area contributed by atoms with Gasteiger partial charge in [-0.15, -0.1) is 0 Å². The molecule has 0 saturated heterocycles. The summed E-state index contributed by atoms with van der Waals surface area (Å²) in [5.41, 5.74) is 3.61. The Kier molecular flexibility index (Phi) is 10.1. The number of aromatic nitrogens is 2. The minimum atomic E-state index is -0.641. The molecule has 0 unspecified atom stereocenters. The van der Waals surface area contributed by atoms with E-state index < -0.39 is 5.60 Å². The Morgan fingerprint density at radius 2 is 2.03 bits per heavy atom. The van der Waals surface area contributed by atoms with E-state index >= 15 is 0 Å². The summed E-state index contributed by atoms with van der Waals surface area (Å²) in [5, 5.41) is 3.63. The SMILES string of the molecule is COCC(=O)O[C@]1(CCNC[C@@H](C)CCCCc2nc3ccccc3[nH]2)CCc2cc(F)ccc2[C@@H]1C(C)C. The van der Waals surface area contributed by atoms with E-state index in [9.17, 15) is 9.18 Å². The summed E-state index contributed by atoms with van der Waals surface area (Å²) in [4.78, 5) is 20.8. The summed E-state index contributed by atoms with van der Waals surface area (Å²) in [6, 6.07) is 13.2. The van der Waals surface area contributed by atoms with Crippen LogP contribution in [-0.2, 0) is 27.1 Å². The largest absolute Gasteiger partial charge is 0.457 e. The fraction of sp³-hybridized carbons (Fsp3) is 0.562. The number of hydrogen-bond donors (Lipinski definition) is 2. The topological polar surface area (TPSA) is 76.2 Å². The Balaban J connectivity index is 1.29. The van der Waals surface area contributed by atoms with Gasteiger partial charge in [0, 0.05) is 25.9 Å². The number of benzene rings is 2. The van der Waals surface area contributed by atoms with Crippen LogP contribution in [0.1, 0.15) is 75.7 Å². The van der Waals surface area contributed by atoms with E-state index in [-0.39, 0.29) is 30.2 Å². The molecular weight excluding hydrogens is 493 g/mol. The first-order valence-corrected chi connectivity index (χ1v) is 14.4. The number of aromatic amines is 1. The number of unbranched alkanes of at least 4 members (excludes halogenated alkanes) is 1. The summed E-state index contributed by atoms with van der Waals surface area (Å²) < 4.78 is 25.3. The van der Waals surface area contributed by atoms with Gasteiger partial charge in [0.25, 0.3) is 0 Å². The number of hydrogen-bond acceptors (Lipinski definition) is 5. The first-order valence-electron chi connectivity index (χ1n) is 14.4. The second kappa shape index (κ2) is 13.5. The van der Waals surface area contributed by atoms with Crippen molar-refractivity contribution in [2.45, 2.75) is 77.2 Å². The lowest BCUT2D eigenvalue weighted by atomic mass is 9.65. The fourth-order valence-corrected chi connectivity index (χ4v) is 6.33. The number of para-hydroxylation sites is 2. The average Bonchev–Trinajstić information content (AvgIpc) is 3.32. The van der Waals surface area contributed by atoms with Crippen LogP contribution in [0.2, 0.25) is 0 Å². The van der Waals surface area contributed by atoms with Crippen LogP contribution < -0.4 is 5.32 Å². The molecule has 3 aromatic rings. The minimum absolute atomic E-state index is 0.000119. The summed E-state index contributed by atoms with van der Waals surface area (Å²) in [7, 11) is 1.51. The van der Waals surface area contributed by atoms with Crippen LogP contribution in [0.4, 0.5) is 4.39 Å². The van der Waals surface area contributed by atoms with Crippen molar-refractivity contribution in [3.63, 3.8) is 0 Å². The zero-order valence-electron chi connectivity index (χ0n) is 23.9. The van der Waals surface area contributed by atoms with Gasteiger partial charge in [0.05, 0.1) is 11.0 Å². The molecule has 0 radical (unpaired) electrons. The van der Waals surface area contributed by atoms with Crippen LogP contribution in [0, 0.1) is 17.7 Å². The number of esters is 1. The molecule has 0 saturated carbocycles. The second-order valence-corrected chi connectivity index (χ2v) is 11.5. The number of methoxy groups -OCH3 is 1. The van der Waals surface area contributed by atoms with Crippen molar-refractivity contribution in [2.24, 2.45) is 11.8 Å². The van der Waals surface area contributed by atoms with Gasteiger partial charge < -0.3 is 19.8 Å². The van der Waals surface area contributed by atoms with Crippen molar-refractivity contribution in [1.82, 2.24) is 15.3 Å². The van der Waals surface area contributed by atoms with Crippen LogP contribution in [0.5, 0.6) is 0 Å². The molecule has 1 heterocycles. The van der Waals surface area contributed by atoms with Gasteiger partial charge in [0.15, 0.2) is 0 Å². The number of nitrogens with one attached hydrogen (secondary N) is 2. The lowest BCUT2D eigenvalue weighted by Gasteiger charge is -2.46. The Morgan fingerprint density at radius 3 is 2.79 bits per heavy atom. The molecule has 0 amide bonds. The van der Waals surface area contributed by atoms with Gasteiger partial charge in [-0.3, -0.25) is 0 Å². The van der Waals surface area contributed by atoms with Crippen LogP contribution in [0.15, 0.2) is 42.5 Å². The number of carbonyl (C=O) groups is 1. The minimum Gasteiger partial charge on any atom is -0.457 e. The van der Waals surface area contributed by atoms with Crippen molar-refractivity contribution in [2.75, 3.05) is 26.8 Å². The standard InChI is InChI=1S/C32H44FN3O3/c1-22(2)31-26-14-13-25(33)19-24(26)15-16-32(31,39-30(37)21-38-4)17-18-34-20-23(3)9-5-8-12-29-35-27-10-6-7-11-28(27)36-29/h6-7,10-11,13-14,19,22-23,31,34H,5,8-9,12,15-18,20-21H2,1-4H3,(H,35,36)/t23-,31-,32-/m0/s1. The highest BCUT2D eigenvalue weighted by atomic mass is 19.1. The van der Waals surface area contributed by atoms with Crippen LogP contribution in [0.3, 0.4) is 0 Å². The van der Waals surface area contributed by atoms with Gasteiger partial charge in [-0.25, -0.2) is 14.2 Å². The predicted octanol–water partition coefficient (Wildman–Crippen LogP) is 6.35. The number of carbonyl (C=O) groups excluding carboxylic acids is 1. The van der Waals surface area contributed by atoms with E-state index in [0.29, 0.717) is 25.2 Å². The van der Waals surface area contributed by atoms with E-state index in [1.807, 2.05) is 24.3 Å². The Bertz CT molecular complexity index is 1190. The van der Waals surface area contributed by atoms with Crippen LogP contribution in [-0.4, -0.2) is 48.3 Å². The number of nitrogens with zero attached hydrogens (tertiary/aromatic N) is 1. The summed E-state index contributed by atoms with van der Waals surface area (Å²) in [6.45, 7) is 8.20. The smallest absolute Gasteiger partial charge is 0.332 e. The number of ether oxygens (including phenoxy) is 2. The number of rotatable bonds is 14. The summed E-state index contributed by atoms with van der Waals surface area (Å²) in [6.07, 6.45) is 6.46. The first kappa shape index (κ1) is 29.2. The van der Waals surface area contributed by atoms with Crippen LogP contribution in [0.25, 0.3) is 11.0 Å². The molecule has 6 nitrogen and oxygen atoms in total. The van der Waals surface area contributed by atoms with Crippen molar-refractivity contribution in [3.05, 3.63) is 65.2 Å². The van der Waals surface area contributed by atoms with Crippen molar-refractivity contribution in [3.8, 4) is 0 Å². The lowest BCUT2D eigenvalue weighted by molar-refractivity contribution is -0.171. The first-order chi connectivity index (χ1) is 18.8. The molecule has 3 atom stereocenters. The van der Waals surface area contributed by atoms with Crippen molar-refractivity contribution < 1.29 is 18.7 Å². The maximum Gasteiger partial charge on any atom is 0.332 e. The molecule has 0 aliphatic heterocycles. The number of H-pyrrole nitrogens is 1. The van der Waals surface area contributed by atoms with Crippen molar-refractivity contribution >= 4 is 17.0 Å². The maximum atomic E-state index is 14.0. The van der Waals surface area contributed by atoms with E-state index in [1.54, 1.807) is 6.07 Å².